The molecule has 0 bridgehead atoms. The summed E-state index contributed by atoms with van der Waals surface area (Å²) in [6, 6.07) is 8.11. The lowest BCUT2D eigenvalue weighted by molar-refractivity contribution is -0.178. The van der Waals surface area contributed by atoms with E-state index in [0.29, 0.717) is 0 Å². The second kappa shape index (κ2) is 6.79. The van der Waals surface area contributed by atoms with Gasteiger partial charge in [-0.2, -0.15) is 9.78 Å². The first kappa shape index (κ1) is 15.6. The van der Waals surface area contributed by atoms with Gasteiger partial charge in [0.05, 0.1) is 25.3 Å². The Kier molecular flexibility index (Phi) is 4.82. The summed E-state index contributed by atoms with van der Waals surface area (Å²) in [6.07, 6.45) is 0. The molecule has 22 heavy (non-hydrogen) atoms. The highest BCUT2D eigenvalue weighted by Gasteiger charge is 2.18. The first-order valence-electron chi connectivity index (χ1n) is 6.19. The third-order valence-electron chi connectivity index (χ3n) is 2.79. The minimum absolute atomic E-state index is 0.0131. The summed E-state index contributed by atoms with van der Waals surface area (Å²) in [4.78, 5) is 30.8. The van der Waals surface area contributed by atoms with Gasteiger partial charge in [0, 0.05) is 12.1 Å². The van der Waals surface area contributed by atoms with Gasteiger partial charge >= 0.3 is 0 Å². The van der Waals surface area contributed by atoms with Crippen LogP contribution in [0.25, 0.3) is 0 Å². The molecule has 0 saturated heterocycles. The zero-order valence-corrected chi connectivity index (χ0v) is 11.9. The molecule has 0 atom stereocenters. The second-order valence-corrected chi connectivity index (χ2v) is 4.19. The molecule has 2 aromatic rings. The number of carbonyl (C=O) groups excluding carboxylic acids is 1. The maximum atomic E-state index is 12.4. The Morgan fingerprint density at radius 3 is 1.55 bits per heavy atom. The molecule has 0 aliphatic rings. The Labute approximate surface area is 126 Å². The highest BCUT2D eigenvalue weighted by Crippen LogP contribution is 2.30. The fourth-order valence-corrected chi connectivity index (χ4v) is 1.85. The second-order valence-electron chi connectivity index (χ2n) is 4.19. The standard InChI is InChI=1S/C15H14O7/c1-19-21-9-3-5-11(13(16)7-9)15(18)12-6-4-10(22-20-2)8-14(12)17/h3-8,16-17H,1-2H3. The highest BCUT2D eigenvalue weighted by molar-refractivity contribution is 6.12. The molecule has 2 rings (SSSR count). The Hall–Kier alpha value is -2.77. The fraction of sp³-hybridized carbons (Fsp3) is 0.133. The fourth-order valence-electron chi connectivity index (χ4n) is 1.85. The van der Waals surface area contributed by atoms with Gasteiger partial charge in [0.1, 0.15) is 11.5 Å². The molecule has 7 heteroatoms. The number of carbonyl (C=O) groups is 1. The predicted molar refractivity (Wildman–Crippen MR) is 74.9 cm³/mol. The van der Waals surface area contributed by atoms with Gasteiger partial charge in [-0.3, -0.25) is 4.79 Å². The van der Waals surface area contributed by atoms with Crippen LogP contribution in [0.5, 0.6) is 23.0 Å². The van der Waals surface area contributed by atoms with Gasteiger partial charge in [0.2, 0.25) is 0 Å². The highest BCUT2D eigenvalue weighted by atomic mass is 17.2. The van der Waals surface area contributed by atoms with Crippen molar-refractivity contribution in [2.45, 2.75) is 0 Å². The summed E-state index contributed by atoms with van der Waals surface area (Å²) in [7, 11) is 2.63. The maximum Gasteiger partial charge on any atom is 0.200 e. The molecule has 0 amide bonds. The summed E-state index contributed by atoms with van der Waals surface area (Å²) in [5.74, 6) is -0.663. The summed E-state index contributed by atoms with van der Waals surface area (Å²) in [5.41, 5.74) is 0.0262. The molecule has 116 valence electrons. The van der Waals surface area contributed by atoms with Gasteiger partial charge in [0.15, 0.2) is 17.3 Å². The van der Waals surface area contributed by atoms with Gasteiger partial charge in [-0.15, -0.1) is 0 Å². The molecule has 0 saturated carbocycles. The quantitative estimate of drug-likeness (QED) is 0.480. The number of ketones is 1. The van der Waals surface area contributed by atoms with Gasteiger partial charge in [-0.25, -0.2) is 0 Å². The van der Waals surface area contributed by atoms with Crippen LogP contribution in [-0.4, -0.2) is 30.2 Å². The van der Waals surface area contributed by atoms with Crippen molar-refractivity contribution in [3.8, 4) is 23.0 Å². The van der Waals surface area contributed by atoms with Crippen molar-refractivity contribution < 1.29 is 34.6 Å². The number of benzene rings is 2. The van der Waals surface area contributed by atoms with Gasteiger partial charge < -0.3 is 20.0 Å². The minimum Gasteiger partial charge on any atom is -0.507 e. The van der Waals surface area contributed by atoms with Crippen molar-refractivity contribution in [2.24, 2.45) is 0 Å². The van der Waals surface area contributed by atoms with E-state index in [4.69, 9.17) is 9.78 Å². The van der Waals surface area contributed by atoms with Crippen molar-refractivity contribution in [3.05, 3.63) is 47.5 Å². The topological polar surface area (TPSA) is 94.5 Å². The Morgan fingerprint density at radius 2 is 1.23 bits per heavy atom. The Morgan fingerprint density at radius 1 is 0.818 bits per heavy atom. The molecule has 0 spiro atoms. The van der Waals surface area contributed by atoms with Crippen molar-refractivity contribution in [1.82, 2.24) is 0 Å². The SMILES string of the molecule is COOc1ccc(C(=O)c2ccc(OOC)cc2O)c(O)c1. The molecule has 0 aliphatic carbocycles. The number of aromatic hydroxyl groups is 2. The lowest BCUT2D eigenvalue weighted by atomic mass is 10.0. The molecular formula is C15H14O7. The zero-order valence-electron chi connectivity index (χ0n) is 11.9. The molecular weight excluding hydrogens is 292 g/mol. The smallest absolute Gasteiger partial charge is 0.200 e. The van der Waals surface area contributed by atoms with Crippen molar-refractivity contribution in [3.63, 3.8) is 0 Å². The summed E-state index contributed by atoms with van der Waals surface area (Å²) in [5, 5.41) is 19.8. The Balaban J connectivity index is 2.32. The van der Waals surface area contributed by atoms with E-state index in [1.165, 1.54) is 50.6 Å². The molecule has 0 radical (unpaired) electrons. The van der Waals surface area contributed by atoms with Crippen LogP contribution in [0.15, 0.2) is 36.4 Å². The summed E-state index contributed by atoms with van der Waals surface area (Å²) >= 11 is 0. The lowest BCUT2D eigenvalue weighted by Crippen LogP contribution is -2.03. The van der Waals surface area contributed by atoms with Gasteiger partial charge in [-0.05, 0) is 24.3 Å². The van der Waals surface area contributed by atoms with Crippen LogP contribution in [0.3, 0.4) is 0 Å². The molecule has 0 heterocycles. The molecule has 2 aromatic carbocycles. The predicted octanol–water partition coefficient (Wildman–Crippen LogP) is 2.21. The third kappa shape index (κ3) is 3.27. The van der Waals surface area contributed by atoms with Gasteiger partial charge in [-0.1, -0.05) is 0 Å². The van der Waals surface area contributed by atoms with E-state index in [2.05, 4.69) is 9.78 Å². The van der Waals surface area contributed by atoms with Crippen LogP contribution in [0.2, 0.25) is 0 Å². The van der Waals surface area contributed by atoms with E-state index in [1.807, 2.05) is 0 Å². The van der Waals surface area contributed by atoms with Crippen molar-refractivity contribution >= 4 is 5.78 Å². The molecule has 0 fully saturated rings. The number of phenols is 2. The molecule has 2 N–H and O–H groups in total. The van der Waals surface area contributed by atoms with E-state index < -0.39 is 5.78 Å². The van der Waals surface area contributed by atoms with Gasteiger partial charge in [0.25, 0.3) is 0 Å². The van der Waals surface area contributed by atoms with Crippen LogP contribution in [0, 0.1) is 0 Å². The average molecular weight is 306 g/mol. The molecule has 0 aromatic heterocycles. The first-order chi connectivity index (χ1) is 10.6. The number of rotatable bonds is 6. The number of hydrogen-bond donors (Lipinski definition) is 2. The van der Waals surface area contributed by atoms with Crippen LogP contribution in [-0.2, 0) is 9.78 Å². The molecule has 7 nitrogen and oxygen atoms in total. The summed E-state index contributed by atoms with van der Waals surface area (Å²) < 4.78 is 0. The first-order valence-corrected chi connectivity index (χ1v) is 6.19. The number of phenolic OH excluding ortho intramolecular Hbond substituents is 2. The van der Waals surface area contributed by atoms with E-state index in [9.17, 15) is 15.0 Å². The largest absolute Gasteiger partial charge is 0.507 e. The van der Waals surface area contributed by atoms with E-state index in [1.54, 1.807) is 0 Å². The van der Waals surface area contributed by atoms with Crippen LogP contribution in [0.4, 0.5) is 0 Å². The third-order valence-corrected chi connectivity index (χ3v) is 2.79. The maximum absolute atomic E-state index is 12.4. The average Bonchev–Trinajstić information content (AvgIpc) is 2.47. The van der Waals surface area contributed by atoms with E-state index in [-0.39, 0.29) is 34.1 Å². The van der Waals surface area contributed by atoms with Crippen LogP contribution >= 0.6 is 0 Å². The van der Waals surface area contributed by atoms with Crippen molar-refractivity contribution in [1.29, 1.82) is 0 Å². The normalized spacial score (nSPS) is 10.3. The van der Waals surface area contributed by atoms with Crippen molar-refractivity contribution in [2.75, 3.05) is 14.2 Å². The number of hydrogen-bond acceptors (Lipinski definition) is 7. The Bertz CT molecular complexity index is 624. The van der Waals surface area contributed by atoms with Crippen LogP contribution in [0.1, 0.15) is 15.9 Å². The summed E-state index contributed by atoms with van der Waals surface area (Å²) in [6.45, 7) is 0. The minimum atomic E-state index is -0.553. The monoisotopic (exact) mass is 306 g/mol. The zero-order chi connectivity index (χ0) is 16.1. The van der Waals surface area contributed by atoms with E-state index in [0.717, 1.165) is 0 Å². The molecule has 0 unspecified atom stereocenters. The lowest BCUT2D eigenvalue weighted by Gasteiger charge is -2.08. The molecule has 0 aliphatic heterocycles. The van der Waals surface area contributed by atoms with E-state index >= 15 is 0 Å². The van der Waals surface area contributed by atoms with Crippen LogP contribution < -0.4 is 9.78 Å².